The van der Waals surface area contributed by atoms with E-state index in [0.29, 0.717) is 5.75 Å². The number of benzene rings is 2. The van der Waals surface area contributed by atoms with Crippen LogP contribution < -0.4 is 4.74 Å². The fourth-order valence-electron chi connectivity index (χ4n) is 3.85. The Balaban J connectivity index is 2.01. The monoisotopic (exact) mass is 370 g/mol. The number of para-hydroxylation sites is 3. The van der Waals surface area contributed by atoms with Crippen molar-refractivity contribution in [3.05, 3.63) is 66.1 Å². The van der Waals surface area contributed by atoms with Gasteiger partial charge in [-0.3, -0.25) is 13.8 Å². The van der Waals surface area contributed by atoms with E-state index in [9.17, 15) is 4.79 Å². The predicted molar refractivity (Wildman–Crippen MR) is 108 cm³/mol. The standard InChI is InChI=1S/C22H18N4O2/c1-13-20(28-15(3)27)19-21(25(13)16-9-5-4-6-10-16)23-14(2)26-18-12-8-7-11-17(18)24-22(19)26/h4-12H,1-3H3. The largest absolute Gasteiger partial charge is 0.424 e. The molecule has 0 N–H and O–H groups in total. The first kappa shape index (κ1) is 16.5. The topological polar surface area (TPSA) is 61.4 Å². The van der Waals surface area contributed by atoms with Crippen LogP contribution in [0.25, 0.3) is 33.4 Å². The average molecular weight is 370 g/mol. The van der Waals surface area contributed by atoms with Crippen molar-refractivity contribution in [2.24, 2.45) is 0 Å². The molecule has 28 heavy (non-hydrogen) atoms. The van der Waals surface area contributed by atoms with E-state index < -0.39 is 0 Å². The fraction of sp³-hybridized carbons (Fsp3) is 0.136. The van der Waals surface area contributed by atoms with Crippen LogP contribution in [0.2, 0.25) is 0 Å². The van der Waals surface area contributed by atoms with E-state index in [2.05, 4.69) is 0 Å². The van der Waals surface area contributed by atoms with Crippen molar-refractivity contribution in [2.75, 3.05) is 0 Å². The minimum Gasteiger partial charge on any atom is -0.424 e. The van der Waals surface area contributed by atoms with Gasteiger partial charge in [-0.1, -0.05) is 30.3 Å². The summed E-state index contributed by atoms with van der Waals surface area (Å²) in [4.78, 5) is 21.6. The molecular weight excluding hydrogens is 352 g/mol. The van der Waals surface area contributed by atoms with Crippen molar-refractivity contribution in [1.82, 2.24) is 18.9 Å². The van der Waals surface area contributed by atoms with Gasteiger partial charge >= 0.3 is 5.97 Å². The number of aryl methyl sites for hydroxylation is 1. The third-order valence-electron chi connectivity index (χ3n) is 4.96. The van der Waals surface area contributed by atoms with E-state index in [1.807, 2.05) is 77.4 Å². The molecule has 0 saturated heterocycles. The molecule has 5 rings (SSSR count). The molecule has 0 unspecified atom stereocenters. The molecule has 138 valence electrons. The second kappa shape index (κ2) is 5.92. The smallest absolute Gasteiger partial charge is 0.308 e. The molecule has 0 fully saturated rings. The van der Waals surface area contributed by atoms with Gasteiger partial charge in [-0.05, 0) is 38.1 Å². The Kier molecular flexibility index (Phi) is 3.49. The highest BCUT2D eigenvalue weighted by Gasteiger charge is 2.24. The van der Waals surface area contributed by atoms with Gasteiger partial charge < -0.3 is 4.74 Å². The van der Waals surface area contributed by atoms with Gasteiger partial charge in [-0.15, -0.1) is 0 Å². The lowest BCUT2D eigenvalue weighted by Crippen LogP contribution is -2.03. The number of hydrogen-bond acceptors (Lipinski definition) is 4. The minimum atomic E-state index is -0.370. The molecule has 2 aromatic carbocycles. The number of fused-ring (bicyclic) bond motifs is 5. The summed E-state index contributed by atoms with van der Waals surface area (Å²) < 4.78 is 9.68. The highest BCUT2D eigenvalue weighted by molar-refractivity contribution is 6.02. The maximum absolute atomic E-state index is 11.9. The van der Waals surface area contributed by atoms with Crippen LogP contribution in [0.3, 0.4) is 0 Å². The van der Waals surface area contributed by atoms with Crippen LogP contribution in [0.4, 0.5) is 0 Å². The summed E-state index contributed by atoms with van der Waals surface area (Å²) in [7, 11) is 0. The molecular formula is C22H18N4O2. The molecule has 0 saturated carbocycles. The number of aromatic nitrogens is 4. The number of hydrogen-bond donors (Lipinski definition) is 0. The number of carbonyl (C=O) groups is 1. The maximum atomic E-state index is 11.9. The van der Waals surface area contributed by atoms with Gasteiger partial charge in [-0.25, -0.2) is 9.97 Å². The Hall–Kier alpha value is -3.67. The molecule has 0 atom stereocenters. The van der Waals surface area contributed by atoms with Crippen LogP contribution >= 0.6 is 0 Å². The first-order valence-corrected chi connectivity index (χ1v) is 9.09. The summed E-state index contributed by atoms with van der Waals surface area (Å²) in [5.74, 6) is 0.949. The maximum Gasteiger partial charge on any atom is 0.308 e. The van der Waals surface area contributed by atoms with Gasteiger partial charge in [0.1, 0.15) is 11.2 Å². The molecule has 5 aromatic rings. The van der Waals surface area contributed by atoms with Crippen LogP contribution in [0.1, 0.15) is 18.4 Å². The molecule has 0 aliphatic heterocycles. The van der Waals surface area contributed by atoms with Crippen molar-refractivity contribution < 1.29 is 9.53 Å². The highest BCUT2D eigenvalue weighted by Crippen LogP contribution is 2.38. The lowest BCUT2D eigenvalue weighted by atomic mass is 10.3. The van der Waals surface area contributed by atoms with Crippen LogP contribution in [0.5, 0.6) is 5.75 Å². The molecule has 0 amide bonds. The first-order valence-electron chi connectivity index (χ1n) is 9.09. The van der Waals surface area contributed by atoms with E-state index in [4.69, 9.17) is 14.7 Å². The molecule has 6 heteroatoms. The zero-order valence-corrected chi connectivity index (χ0v) is 15.8. The second-order valence-electron chi connectivity index (χ2n) is 6.80. The van der Waals surface area contributed by atoms with Crippen LogP contribution in [0.15, 0.2) is 54.6 Å². The lowest BCUT2D eigenvalue weighted by Gasteiger charge is -2.08. The zero-order valence-electron chi connectivity index (χ0n) is 15.8. The second-order valence-corrected chi connectivity index (χ2v) is 6.80. The van der Waals surface area contributed by atoms with E-state index in [1.54, 1.807) is 0 Å². The summed E-state index contributed by atoms with van der Waals surface area (Å²) >= 11 is 0. The Bertz CT molecular complexity index is 1380. The Morgan fingerprint density at radius 2 is 1.64 bits per heavy atom. The van der Waals surface area contributed by atoms with Gasteiger partial charge in [-0.2, -0.15) is 0 Å². The van der Waals surface area contributed by atoms with Gasteiger partial charge in [0.2, 0.25) is 0 Å². The van der Waals surface area contributed by atoms with Crippen molar-refractivity contribution in [3.63, 3.8) is 0 Å². The van der Waals surface area contributed by atoms with Crippen molar-refractivity contribution in [3.8, 4) is 11.4 Å². The Labute approximate surface area is 161 Å². The van der Waals surface area contributed by atoms with E-state index >= 15 is 0 Å². The fourth-order valence-corrected chi connectivity index (χ4v) is 3.85. The number of imidazole rings is 1. The number of nitrogens with zero attached hydrogens (tertiary/aromatic N) is 4. The van der Waals surface area contributed by atoms with Gasteiger partial charge in [0, 0.05) is 12.6 Å². The van der Waals surface area contributed by atoms with Crippen molar-refractivity contribution in [1.29, 1.82) is 0 Å². The quantitative estimate of drug-likeness (QED) is 0.433. The van der Waals surface area contributed by atoms with Crippen LogP contribution in [0, 0.1) is 13.8 Å². The summed E-state index contributed by atoms with van der Waals surface area (Å²) in [6.07, 6.45) is 0. The van der Waals surface area contributed by atoms with Crippen LogP contribution in [-0.4, -0.2) is 24.9 Å². The zero-order chi connectivity index (χ0) is 19.4. The van der Waals surface area contributed by atoms with Gasteiger partial charge in [0.05, 0.1) is 16.7 Å². The summed E-state index contributed by atoms with van der Waals surface area (Å²) in [5, 5.41) is 0.735. The van der Waals surface area contributed by atoms with Gasteiger partial charge in [0.15, 0.2) is 17.0 Å². The molecule has 0 radical (unpaired) electrons. The third kappa shape index (κ3) is 2.24. The molecule has 3 heterocycles. The number of ether oxygens (including phenoxy) is 1. The molecule has 6 nitrogen and oxygen atoms in total. The van der Waals surface area contributed by atoms with E-state index in [0.717, 1.165) is 44.9 Å². The molecule has 0 spiro atoms. The van der Waals surface area contributed by atoms with Crippen molar-refractivity contribution >= 4 is 33.7 Å². The minimum absolute atomic E-state index is 0.370. The number of carbonyl (C=O) groups excluding carboxylic acids is 1. The molecule has 0 aliphatic carbocycles. The van der Waals surface area contributed by atoms with Crippen LogP contribution in [-0.2, 0) is 4.79 Å². The normalized spacial score (nSPS) is 11.5. The Morgan fingerprint density at radius 3 is 2.39 bits per heavy atom. The van der Waals surface area contributed by atoms with E-state index in [1.165, 1.54) is 6.92 Å². The highest BCUT2D eigenvalue weighted by atomic mass is 16.5. The molecule has 0 aliphatic rings. The summed E-state index contributed by atoms with van der Waals surface area (Å²) in [6.45, 7) is 5.30. The number of rotatable bonds is 2. The molecule has 0 bridgehead atoms. The average Bonchev–Trinajstić information content (AvgIpc) is 3.18. The molecule has 3 aromatic heterocycles. The van der Waals surface area contributed by atoms with Crippen molar-refractivity contribution in [2.45, 2.75) is 20.8 Å². The lowest BCUT2D eigenvalue weighted by molar-refractivity contribution is -0.131. The summed E-state index contributed by atoms with van der Waals surface area (Å²) in [5.41, 5.74) is 5.07. The predicted octanol–water partition coefficient (Wildman–Crippen LogP) is 4.37. The first-order chi connectivity index (χ1) is 13.6. The number of esters is 1. The SMILES string of the molecule is CC(=O)Oc1c(C)n(-c2ccccc2)c2nc(C)n3c4ccccc4nc3c12. The Morgan fingerprint density at radius 1 is 0.929 bits per heavy atom. The van der Waals surface area contributed by atoms with Gasteiger partial charge in [0.25, 0.3) is 0 Å². The summed E-state index contributed by atoms with van der Waals surface area (Å²) in [6, 6.07) is 17.9. The third-order valence-corrected chi connectivity index (χ3v) is 4.96. The van der Waals surface area contributed by atoms with E-state index in [-0.39, 0.29) is 5.97 Å².